The number of hydrogen-bond donors (Lipinski definition) is 5. The molecule has 0 spiro atoms. The van der Waals surface area contributed by atoms with Gasteiger partial charge in [0.25, 0.3) is 0 Å². The van der Waals surface area contributed by atoms with Crippen LogP contribution in [0, 0.1) is 34.6 Å². The molecule has 0 amide bonds. The third-order valence-electron chi connectivity index (χ3n) is 12.2. The van der Waals surface area contributed by atoms with Gasteiger partial charge in [-0.2, -0.15) is 0 Å². The van der Waals surface area contributed by atoms with Crippen molar-refractivity contribution < 1.29 is 20.1 Å². The Balaban J connectivity index is 1.33. The zero-order valence-corrected chi connectivity index (χ0v) is 35.6. The van der Waals surface area contributed by atoms with Gasteiger partial charge in [-0.1, -0.05) is 54.6 Å². The first-order valence-corrected chi connectivity index (χ1v) is 20.5. The normalized spacial score (nSPS) is 13.9. The lowest BCUT2D eigenvalue weighted by Gasteiger charge is -2.26. The molecule has 0 aliphatic rings. The van der Waals surface area contributed by atoms with Crippen LogP contribution in [0.15, 0.2) is 91.0 Å². The highest BCUT2D eigenvalue weighted by Gasteiger charge is 2.28. The van der Waals surface area contributed by atoms with E-state index in [0.717, 1.165) is 55.4 Å². The fourth-order valence-corrected chi connectivity index (χ4v) is 9.08. The number of fused-ring (bicyclic) bond motifs is 4. The topological polar surface area (TPSA) is 140 Å². The summed E-state index contributed by atoms with van der Waals surface area (Å²) in [6.45, 7) is 18.2. The number of nitrogens with one attached hydrogen (secondary N) is 2. The van der Waals surface area contributed by atoms with Crippen molar-refractivity contribution in [3.63, 3.8) is 0 Å². The van der Waals surface area contributed by atoms with Crippen LogP contribution < -0.4 is 10.6 Å². The zero-order chi connectivity index (χ0) is 42.7. The lowest BCUT2D eigenvalue weighted by Crippen LogP contribution is -2.24. The second-order valence-electron chi connectivity index (χ2n) is 16.4. The van der Waals surface area contributed by atoms with Crippen molar-refractivity contribution in [1.29, 1.82) is 0 Å². The minimum absolute atomic E-state index is 0.0495. The number of nitrogens with zero attached hydrogens (tertiary/aromatic N) is 3. The molecule has 0 fully saturated rings. The molecule has 8 rings (SSSR count). The summed E-state index contributed by atoms with van der Waals surface area (Å²) in [6, 6.07) is 27.8. The number of hydrogen-bond acceptors (Lipinski definition) is 8. The second kappa shape index (κ2) is 15.6. The fraction of sp³-hybridized carbons (Fsp3) is 0.255. The molecule has 0 bridgehead atoms. The third kappa shape index (κ3) is 6.97. The Morgan fingerprint density at radius 2 is 1.05 bits per heavy atom. The molecule has 9 nitrogen and oxygen atoms in total. The number of rotatable bonds is 10. The highest BCUT2D eigenvalue weighted by molar-refractivity contribution is 6.15. The Hall–Kier alpha value is -6.42. The third-order valence-corrected chi connectivity index (χ3v) is 12.2. The lowest BCUT2D eigenvalue weighted by atomic mass is 9.87. The number of benzene rings is 5. The van der Waals surface area contributed by atoms with Gasteiger partial charge in [-0.25, -0.2) is 9.78 Å². The number of aromatic hydroxyl groups is 2. The highest BCUT2D eigenvalue weighted by atomic mass is 16.4. The van der Waals surface area contributed by atoms with Crippen molar-refractivity contribution in [3.8, 4) is 22.6 Å². The fourth-order valence-electron chi connectivity index (χ4n) is 9.08. The first kappa shape index (κ1) is 40.4. The van der Waals surface area contributed by atoms with Gasteiger partial charge in [-0.3, -0.25) is 9.97 Å². The predicted octanol–water partition coefficient (Wildman–Crippen LogP) is 11.6. The van der Waals surface area contributed by atoms with Crippen LogP contribution in [0.3, 0.4) is 0 Å². The van der Waals surface area contributed by atoms with Gasteiger partial charge in [0.1, 0.15) is 11.5 Å². The molecule has 5 aromatic carbocycles. The van der Waals surface area contributed by atoms with Crippen LogP contribution in [-0.2, 0) is 0 Å². The average molecular weight is 798 g/mol. The summed E-state index contributed by atoms with van der Waals surface area (Å²) in [5.41, 5.74) is 12.1. The van der Waals surface area contributed by atoms with Gasteiger partial charge in [0.15, 0.2) is 0 Å². The van der Waals surface area contributed by atoms with E-state index in [2.05, 4.69) is 74.7 Å². The molecule has 0 saturated heterocycles. The number of phenols is 2. The number of aromatic nitrogens is 3. The molecule has 5 N–H and O–H groups in total. The van der Waals surface area contributed by atoms with Crippen LogP contribution in [0.2, 0.25) is 0 Å². The van der Waals surface area contributed by atoms with Crippen LogP contribution >= 0.6 is 0 Å². The van der Waals surface area contributed by atoms with Crippen molar-refractivity contribution in [2.75, 3.05) is 0 Å². The standard InChI is InChI=1S/C51H51N5O4/c1-25-14-18-36(46-34(25)20-16-28(4)52-46)30(6)54-32(8)43-42(57)23-22-40-45(38-12-10-11-13-39(38)51(59)60)41-24-27(3)50(58)44(49(41)56-48(40)43)33(9)55-31(7)37-19-15-26(2)35-21-17-29(5)53-47(35)37/h10-24,30-33,54-55,57-58H,1-9H3,(H,59,60). The van der Waals surface area contributed by atoms with Crippen LogP contribution in [0.4, 0.5) is 0 Å². The Kier molecular flexibility index (Phi) is 10.5. The number of aromatic carboxylic acids is 1. The predicted molar refractivity (Wildman–Crippen MR) is 242 cm³/mol. The maximum Gasteiger partial charge on any atom is 0.336 e. The van der Waals surface area contributed by atoms with Crippen LogP contribution in [0.5, 0.6) is 11.5 Å². The molecule has 8 aromatic rings. The molecule has 0 radical (unpaired) electrons. The second-order valence-corrected chi connectivity index (χ2v) is 16.4. The van der Waals surface area contributed by atoms with E-state index in [1.165, 1.54) is 0 Å². The summed E-state index contributed by atoms with van der Waals surface area (Å²) in [5, 5.41) is 45.3. The molecule has 3 aromatic heterocycles. The van der Waals surface area contributed by atoms with Crippen molar-refractivity contribution in [2.45, 2.75) is 86.5 Å². The van der Waals surface area contributed by atoms with E-state index < -0.39 is 18.1 Å². The van der Waals surface area contributed by atoms with E-state index in [1.807, 2.05) is 71.0 Å². The van der Waals surface area contributed by atoms with Crippen LogP contribution in [-0.4, -0.2) is 36.2 Å². The average Bonchev–Trinajstić information content (AvgIpc) is 3.20. The summed E-state index contributed by atoms with van der Waals surface area (Å²) in [4.78, 5) is 28.1. The molecule has 0 saturated carbocycles. The van der Waals surface area contributed by atoms with E-state index in [4.69, 9.17) is 15.0 Å². The zero-order valence-electron chi connectivity index (χ0n) is 35.6. The highest BCUT2D eigenvalue weighted by Crippen LogP contribution is 2.46. The van der Waals surface area contributed by atoms with Gasteiger partial charge in [0, 0.05) is 73.8 Å². The molecule has 304 valence electrons. The molecule has 60 heavy (non-hydrogen) atoms. The molecule has 0 aliphatic heterocycles. The van der Waals surface area contributed by atoms with Crippen molar-refractivity contribution in [3.05, 3.63) is 147 Å². The van der Waals surface area contributed by atoms with E-state index in [9.17, 15) is 20.1 Å². The van der Waals surface area contributed by atoms with Crippen LogP contribution in [0.1, 0.15) is 113 Å². The van der Waals surface area contributed by atoms with Crippen molar-refractivity contribution in [2.24, 2.45) is 0 Å². The van der Waals surface area contributed by atoms with Gasteiger partial charge in [-0.05, 0) is 132 Å². The first-order valence-electron chi connectivity index (χ1n) is 20.5. The quantitative estimate of drug-likeness (QED) is 0.0855. The molecule has 9 heteroatoms. The molecule has 0 aliphatic carbocycles. The van der Waals surface area contributed by atoms with Gasteiger partial charge in [0.2, 0.25) is 0 Å². The molecule has 4 atom stereocenters. The van der Waals surface area contributed by atoms with E-state index >= 15 is 0 Å². The Morgan fingerprint density at radius 1 is 0.533 bits per heavy atom. The number of carboxylic acids is 1. The number of phenolic OH excluding ortho intramolecular Hbond substituents is 2. The Bertz CT molecular complexity index is 3030. The van der Waals surface area contributed by atoms with Gasteiger partial charge < -0.3 is 26.0 Å². The lowest BCUT2D eigenvalue weighted by molar-refractivity contribution is 0.0697. The van der Waals surface area contributed by atoms with Crippen molar-refractivity contribution in [1.82, 2.24) is 25.6 Å². The van der Waals surface area contributed by atoms with Gasteiger partial charge >= 0.3 is 5.97 Å². The van der Waals surface area contributed by atoms with Crippen molar-refractivity contribution >= 4 is 49.6 Å². The SMILES string of the molecule is Cc1ccc2c(C)ccc(C(C)NC(C)c3c(O)ccc4c(-c5ccccc5C(=O)O)c5cc(C)c(O)c(C(C)NC(C)c6ccc(C)c7ccc(C)nc67)c5nc34)c2n1. The molecule has 3 heterocycles. The maximum absolute atomic E-state index is 12.8. The van der Waals surface area contributed by atoms with Crippen LogP contribution in [0.25, 0.3) is 54.7 Å². The van der Waals surface area contributed by atoms with E-state index in [0.29, 0.717) is 49.6 Å². The van der Waals surface area contributed by atoms with Gasteiger partial charge in [0.05, 0.1) is 27.6 Å². The van der Waals surface area contributed by atoms with Gasteiger partial charge in [-0.15, -0.1) is 0 Å². The molecule has 4 unspecified atom stereocenters. The molecular formula is C51H51N5O4. The Labute approximate surface area is 350 Å². The smallest absolute Gasteiger partial charge is 0.336 e. The van der Waals surface area contributed by atoms with E-state index in [1.54, 1.807) is 18.2 Å². The summed E-state index contributed by atoms with van der Waals surface area (Å²) in [7, 11) is 0. The largest absolute Gasteiger partial charge is 0.508 e. The number of carboxylic acid groups (broad SMARTS) is 1. The number of carbonyl (C=O) groups is 1. The van der Waals surface area contributed by atoms with E-state index in [-0.39, 0.29) is 29.1 Å². The minimum atomic E-state index is -1.06. The summed E-state index contributed by atoms with van der Waals surface area (Å²) in [6.07, 6.45) is 0. The Morgan fingerprint density at radius 3 is 1.62 bits per heavy atom. The summed E-state index contributed by atoms with van der Waals surface area (Å²) >= 11 is 0. The summed E-state index contributed by atoms with van der Waals surface area (Å²) in [5.74, 6) is -0.916. The summed E-state index contributed by atoms with van der Waals surface area (Å²) < 4.78 is 0. The molecular weight excluding hydrogens is 747 g/mol. The monoisotopic (exact) mass is 797 g/mol. The minimum Gasteiger partial charge on any atom is -0.508 e. The first-order chi connectivity index (χ1) is 28.6. The number of pyridine rings is 3. The number of aryl methyl sites for hydroxylation is 5. The maximum atomic E-state index is 12.8.